The van der Waals surface area contributed by atoms with Gasteiger partial charge < -0.3 is 10.6 Å². The maximum atomic E-state index is 6.57. The Hall–Kier alpha value is -0.0800. The van der Waals surface area contributed by atoms with Crippen LogP contribution in [-0.2, 0) is 0 Å². The lowest BCUT2D eigenvalue weighted by Crippen LogP contribution is -2.58. The molecule has 0 aromatic heterocycles. The number of likely N-dealkylation sites (N-methyl/N-ethyl adjacent to an activating group) is 1. The fraction of sp³-hybridized carbons (Fsp3) is 1.00. The van der Waals surface area contributed by atoms with Crippen molar-refractivity contribution in [2.45, 2.75) is 77.3 Å². The van der Waals surface area contributed by atoms with E-state index in [-0.39, 0.29) is 5.54 Å². The molecule has 1 aliphatic carbocycles. The molecule has 1 rings (SSSR count). The van der Waals surface area contributed by atoms with E-state index < -0.39 is 0 Å². The predicted octanol–water partition coefficient (Wildman–Crippen LogP) is 3.65. The van der Waals surface area contributed by atoms with E-state index in [1.807, 2.05) is 0 Å². The van der Waals surface area contributed by atoms with Crippen LogP contribution in [0.4, 0.5) is 0 Å². The van der Waals surface area contributed by atoms with E-state index in [1.54, 1.807) is 0 Å². The minimum Gasteiger partial charge on any atom is -0.326 e. The third-order valence-electron chi connectivity index (χ3n) is 5.02. The van der Waals surface area contributed by atoms with Crippen LogP contribution in [0.1, 0.15) is 65.7 Å². The van der Waals surface area contributed by atoms with Gasteiger partial charge in [0.15, 0.2) is 0 Å². The predicted molar refractivity (Wildman–Crippen MR) is 80.7 cm³/mol. The zero-order valence-electron chi connectivity index (χ0n) is 13.2. The van der Waals surface area contributed by atoms with Crippen LogP contribution in [0.25, 0.3) is 0 Å². The van der Waals surface area contributed by atoms with Gasteiger partial charge in [-0.1, -0.05) is 33.6 Å². The van der Waals surface area contributed by atoms with Crippen molar-refractivity contribution in [1.29, 1.82) is 0 Å². The molecule has 0 aromatic carbocycles. The molecule has 2 nitrogen and oxygen atoms in total. The Labute approximate surface area is 114 Å². The van der Waals surface area contributed by atoms with Gasteiger partial charge in [0.1, 0.15) is 0 Å². The summed E-state index contributed by atoms with van der Waals surface area (Å²) in [5.74, 6) is 1.69. The van der Waals surface area contributed by atoms with Gasteiger partial charge in [0.2, 0.25) is 0 Å². The molecule has 1 atom stereocenters. The van der Waals surface area contributed by atoms with Gasteiger partial charge in [-0.3, -0.25) is 0 Å². The average Bonchev–Trinajstić information content (AvgIpc) is 2.29. The molecule has 0 spiro atoms. The molecule has 1 unspecified atom stereocenters. The molecule has 108 valence electrons. The van der Waals surface area contributed by atoms with Gasteiger partial charge in [0, 0.05) is 11.6 Å². The van der Waals surface area contributed by atoms with Crippen molar-refractivity contribution in [2.24, 2.45) is 17.6 Å². The number of hydrogen-bond donors (Lipinski definition) is 1. The second-order valence-corrected chi connectivity index (χ2v) is 7.11. The van der Waals surface area contributed by atoms with Crippen LogP contribution in [0.5, 0.6) is 0 Å². The topological polar surface area (TPSA) is 29.3 Å². The Morgan fingerprint density at radius 2 is 1.72 bits per heavy atom. The minimum atomic E-state index is 0.267. The zero-order chi connectivity index (χ0) is 13.8. The first-order valence-corrected chi connectivity index (χ1v) is 7.81. The number of rotatable bonds is 6. The summed E-state index contributed by atoms with van der Waals surface area (Å²) in [6.07, 6.45) is 9.03. The van der Waals surface area contributed by atoms with E-state index in [2.05, 4.69) is 39.8 Å². The van der Waals surface area contributed by atoms with Crippen molar-refractivity contribution in [2.75, 3.05) is 14.1 Å². The lowest BCUT2D eigenvalue weighted by Gasteiger charge is -2.48. The Morgan fingerprint density at radius 3 is 2.17 bits per heavy atom. The van der Waals surface area contributed by atoms with E-state index in [1.165, 1.54) is 44.9 Å². The highest BCUT2D eigenvalue weighted by Gasteiger charge is 2.40. The quantitative estimate of drug-likeness (QED) is 0.784. The summed E-state index contributed by atoms with van der Waals surface area (Å²) >= 11 is 0. The largest absolute Gasteiger partial charge is 0.326 e. The molecule has 2 N–H and O–H groups in total. The van der Waals surface area contributed by atoms with Crippen molar-refractivity contribution in [3.8, 4) is 0 Å². The minimum absolute atomic E-state index is 0.267. The molecule has 0 radical (unpaired) electrons. The van der Waals surface area contributed by atoms with Crippen molar-refractivity contribution in [1.82, 2.24) is 4.90 Å². The molecule has 0 amide bonds. The van der Waals surface area contributed by atoms with Gasteiger partial charge in [0.05, 0.1) is 0 Å². The van der Waals surface area contributed by atoms with E-state index in [4.69, 9.17) is 5.73 Å². The molecule has 0 heterocycles. The second-order valence-electron chi connectivity index (χ2n) is 7.11. The van der Waals surface area contributed by atoms with Crippen LogP contribution in [-0.4, -0.2) is 30.6 Å². The summed E-state index contributed by atoms with van der Waals surface area (Å²) in [5, 5.41) is 0. The number of nitrogens with zero attached hydrogens (tertiary/aromatic N) is 1. The van der Waals surface area contributed by atoms with Crippen molar-refractivity contribution >= 4 is 0 Å². The van der Waals surface area contributed by atoms with Crippen LogP contribution in [0.2, 0.25) is 0 Å². The molecule has 0 aromatic rings. The molecule has 1 saturated carbocycles. The first-order valence-electron chi connectivity index (χ1n) is 7.81. The maximum absolute atomic E-state index is 6.57. The van der Waals surface area contributed by atoms with Crippen LogP contribution in [0.3, 0.4) is 0 Å². The molecule has 2 heteroatoms. The van der Waals surface area contributed by atoms with E-state index in [0.717, 1.165) is 11.8 Å². The van der Waals surface area contributed by atoms with Gasteiger partial charge in [-0.25, -0.2) is 0 Å². The summed E-state index contributed by atoms with van der Waals surface area (Å²) in [7, 11) is 4.44. The number of nitrogens with two attached hydrogens (primary N) is 1. The molecule has 1 fully saturated rings. The van der Waals surface area contributed by atoms with Crippen molar-refractivity contribution in [3.05, 3.63) is 0 Å². The highest BCUT2D eigenvalue weighted by molar-refractivity contribution is 4.99. The highest BCUT2D eigenvalue weighted by atomic mass is 15.2. The summed E-state index contributed by atoms with van der Waals surface area (Å²) in [4.78, 5) is 2.42. The Bertz CT molecular complexity index is 227. The third-order valence-corrected chi connectivity index (χ3v) is 5.02. The molecule has 1 aliphatic rings. The smallest absolute Gasteiger partial charge is 0.0354 e. The fourth-order valence-corrected chi connectivity index (χ4v) is 3.43. The van der Waals surface area contributed by atoms with Gasteiger partial charge >= 0.3 is 0 Å². The molecule has 0 aliphatic heterocycles. The van der Waals surface area contributed by atoms with E-state index in [0.29, 0.717) is 6.04 Å². The fourth-order valence-electron chi connectivity index (χ4n) is 3.43. The van der Waals surface area contributed by atoms with E-state index in [9.17, 15) is 0 Å². The lowest BCUT2D eigenvalue weighted by molar-refractivity contribution is 0.0529. The summed E-state index contributed by atoms with van der Waals surface area (Å²) in [6, 6.07) is 0.346. The van der Waals surface area contributed by atoms with Gasteiger partial charge in [0.25, 0.3) is 0 Å². The van der Waals surface area contributed by atoms with Crippen LogP contribution < -0.4 is 5.73 Å². The van der Waals surface area contributed by atoms with Gasteiger partial charge in [-0.15, -0.1) is 0 Å². The molecule has 0 saturated heterocycles. The highest BCUT2D eigenvalue weighted by Crippen LogP contribution is 2.38. The molecule has 0 bridgehead atoms. The molecule has 18 heavy (non-hydrogen) atoms. The Balaban J connectivity index is 2.55. The Kier molecular flexibility index (Phi) is 6.13. The normalized spacial score (nSPS) is 31.0. The summed E-state index contributed by atoms with van der Waals surface area (Å²) < 4.78 is 0. The monoisotopic (exact) mass is 254 g/mol. The summed E-state index contributed by atoms with van der Waals surface area (Å²) in [6.45, 7) is 6.98. The van der Waals surface area contributed by atoms with Crippen LogP contribution >= 0.6 is 0 Å². The SMILES string of the molecule is CC(C)CCCC(N)C1(N(C)C)CCC(C)CC1. The molecular formula is C16H34N2. The first-order chi connectivity index (χ1) is 8.38. The molecular weight excluding hydrogens is 220 g/mol. The van der Waals surface area contributed by atoms with E-state index >= 15 is 0 Å². The van der Waals surface area contributed by atoms with Crippen molar-refractivity contribution < 1.29 is 0 Å². The van der Waals surface area contributed by atoms with Gasteiger partial charge in [-0.05, 0) is 58.0 Å². The summed E-state index contributed by atoms with van der Waals surface area (Å²) in [5.41, 5.74) is 6.84. The first kappa shape index (κ1) is 16.0. The lowest BCUT2D eigenvalue weighted by atomic mass is 9.71. The van der Waals surface area contributed by atoms with Gasteiger partial charge in [-0.2, -0.15) is 0 Å². The standard InChI is InChI=1S/C16H34N2/c1-13(2)7-6-8-15(17)16(18(4)5)11-9-14(3)10-12-16/h13-15H,6-12,17H2,1-5H3. The van der Waals surface area contributed by atoms with Crippen LogP contribution in [0, 0.1) is 11.8 Å². The average molecular weight is 254 g/mol. The Morgan fingerprint density at radius 1 is 1.17 bits per heavy atom. The van der Waals surface area contributed by atoms with Crippen molar-refractivity contribution in [3.63, 3.8) is 0 Å². The third kappa shape index (κ3) is 3.96. The number of hydrogen-bond acceptors (Lipinski definition) is 2. The van der Waals surface area contributed by atoms with Crippen LogP contribution in [0.15, 0.2) is 0 Å². The zero-order valence-corrected chi connectivity index (χ0v) is 13.2. The maximum Gasteiger partial charge on any atom is 0.0354 e. The second kappa shape index (κ2) is 6.91.